The predicted molar refractivity (Wildman–Crippen MR) is 197 cm³/mol. The number of benzene rings is 2. The van der Waals surface area contributed by atoms with Crippen molar-refractivity contribution in [2.75, 3.05) is 7.11 Å². The normalized spacial score (nSPS) is 13.3. The molecule has 0 aliphatic heterocycles. The summed E-state index contributed by atoms with van der Waals surface area (Å²) in [6.45, 7) is 12.5. The van der Waals surface area contributed by atoms with Gasteiger partial charge in [0, 0.05) is 30.1 Å². The number of nitro groups is 1. The molecule has 2 aromatic carbocycles. The molecule has 3 N–H and O–H groups in total. The second-order valence-corrected chi connectivity index (χ2v) is 15.0. The Morgan fingerprint density at radius 2 is 1.49 bits per heavy atom. The molecular formula is C38H51N5O10. The van der Waals surface area contributed by atoms with Crippen molar-refractivity contribution < 1.29 is 43.1 Å². The van der Waals surface area contributed by atoms with Crippen LogP contribution in [0.3, 0.4) is 0 Å². The molecule has 0 aliphatic carbocycles. The Labute approximate surface area is 309 Å². The highest BCUT2D eigenvalue weighted by Gasteiger charge is 2.34. The van der Waals surface area contributed by atoms with Gasteiger partial charge in [-0.2, -0.15) is 0 Å². The molecule has 53 heavy (non-hydrogen) atoms. The summed E-state index contributed by atoms with van der Waals surface area (Å²) < 4.78 is 17.2. The SMILES string of the molecule is CCCCC(NC(=O)C(Cc1cn(C(=O)OC)c2ccccc12)NC(=O)C(CC(C)(C)C)NC(=O)OC(C)(C)C)C(=O)OCc1ccc([N+](=O)[O-])cc1. The minimum atomic E-state index is -1.28. The zero-order chi connectivity index (χ0) is 39.5. The van der Waals surface area contributed by atoms with Crippen molar-refractivity contribution in [1.82, 2.24) is 20.5 Å². The molecule has 15 heteroatoms. The van der Waals surface area contributed by atoms with Gasteiger partial charge >= 0.3 is 18.2 Å². The van der Waals surface area contributed by atoms with E-state index in [-0.39, 0.29) is 31.6 Å². The molecule has 3 unspecified atom stereocenters. The van der Waals surface area contributed by atoms with Gasteiger partial charge in [-0.1, -0.05) is 58.7 Å². The van der Waals surface area contributed by atoms with Gasteiger partial charge < -0.3 is 30.2 Å². The van der Waals surface area contributed by atoms with Crippen molar-refractivity contribution in [3.05, 3.63) is 76.0 Å². The molecule has 0 radical (unpaired) electrons. The number of hydrogen-bond acceptors (Lipinski definition) is 10. The number of alkyl carbamates (subject to hydrolysis) is 1. The van der Waals surface area contributed by atoms with E-state index in [4.69, 9.17) is 14.2 Å². The molecule has 3 atom stereocenters. The Bertz CT molecular complexity index is 1770. The first-order valence-electron chi connectivity index (χ1n) is 17.5. The number of ether oxygens (including phenoxy) is 3. The van der Waals surface area contributed by atoms with Crippen molar-refractivity contribution in [3.63, 3.8) is 0 Å². The first-order valence-corrected chi connectivity index (χ1v) is 17.5. The number of amides is 3. The van der Waals surface area contributed by atoms with Gasteiger partial charge in [0.2, 0.25) is 11.8 Å². The van der Waals surface area contributed by atoms with Crippen molar-refractivity contribution in [1.29, 1.82) is 0 Å². The van der Waals surface area contributed by atoms with E-state index in [1.165, 1.54) is 42.1 Å². The van der Waals surface area contributed by atoms with Crippen LogP contribution >= 0.6 is 0 Å². The van der Waals surface area contributed by atoms with Gasteiger partial charge in [0.25, 0.3) is 5.69 Å². The number of nitrogens with zero attached hydrogens (tertiary/aromatic N) is 2. The number of nitrogens with one attached hydrogen (secondary N) is 3. The predicted octanol–water partition coefficient (Wildman–Crippen LogP) is 5.94. The molecule has 3 aromatic rings. The van der Waals surface area contributed by atoms with Crippen molar-refractivity contribution >= 4 is 46.6 Å². The summed E-state index contributed by atoms with van der Waals surface area (Å²) in [6, 6.07) is 9.08. The van der Waals surface area contributed by atoms with E-state index < -0.39 is 64.0 Å². The molecule has 0 saturated heterocycles. The standard InChI is InChI=1S/C38H51N5O10/c1-9-10-14-28(34(46)52-23-24-16-18-26(19-17-24)43(49)50)39-32(44)29(20-25-22-42(36(48)51-8)31-15-12-11-13-27(25)31)40-33(45)30(21-37(2,3)4)41-35(47)53-38(5,6)7/h11-13,15-19,22,28-30H,9-10,14,20-21,23H2,1-8H3,(H,39,44)(H,40,45)(H,41,47). The topological polar surface area (TPSA) is 197 Å². The summed E-state index contributed by atoms with van der Waals surface area (Å²) in [5, 5.41) is 19.8. The number of para-hydroxylation sites is 1. The third kappa shape index (κ3) is 12.9. The second kappa shape index (κ2) is 18.3. The maximum Gasteiger partial charge on any atom is 0.418 e. The van der Waals surface area contributed by atoms with E-state index >= 15 is 0 Å². The number of methoxy groups -OCH3 is 1. The Balaban J connectivity index is 1.96. The zero-order valence-electron chi connectivity index (χ0n) is 31.6. The number of carbonyl (C=O) groups excluding carboxylic acids is 5. The maximum absolute atomic E-state index is 14.2. The van der Waals surface area contributed by atoms with Gasteiger partial charge in [0.05, 0.1) is 17.5 Å². The Morgan fingerprint density at radius 3 is 2.08 bits per heavy atom. The van der Waals surface area contributed by atoms with Crippen LogP contribution in [0.25, 0.3) is 10.9 Å². The van der Waals surface area contributed by atoms with Crippen LogP contribution in [0.1, 0.15) is 85.3 Å². The molecule has 0 fully saturated rings. The smallest absolute Gasteiger partial charge is 0.418 e. The first kappa shape index (κ1) is 41.9. The molecule has 15 nitrogen and oxygen atoms in total. The van der Waals surface area contributed by atoms with E-state index in [2.05, 4.69) is 16.0 Å². The monoisotopic (exact) mass is 737 g/mol. The van der Waals surface area contributed by atoms with Gasteiger partial charge in [-0.05, 0) is 68.4 Å². The van der Waals surface area contributed by atoms with Gasteiger partial charge in [-0.25, -0.2) is 14.4 Å². The molecule has 0 bridgehead atoms. The van der Waals surface area contributed by atoms with E-state index in [0.29, 0.717) is 34.9 Å². The third-order valence-electron chi connectivity index (χ3n) is 8.02. The summed E-state index contributed by atoms with van der Waals surface area (Å²) >= 11 is 0. The number of esters is 1. The fourth-order valence-electron chi connectivity index (χ4n) is 5.53. The Kier molecular flexibility index (Phi) is 14.5. The molecule has 0 spiro atoms. The molecule has 0 saturated carbocycles. The minimum Gasteiger partial charge on any atom is -0.459 e. The summed E-state index contributed by atoms with van der Waals surface area (Å²) in [6.07, 6.45) is 1.67. The fourth-order valence-corrected chi connectivity index (χ4v) is 5.53. The number of aromatic nitrogens is 1. The number of hydrogen-bond donors (Lipinski definition) is 3. The van der Waals surface area contributed by atoms with Crippen LogP contribution in [0, 0.1) is 15.5 Å². The van der Waals surface area contributed by atoms with E-state index in [9.17, 15) is 34.1 Å². The lowest BCUT2D eigenvalue weighted by Gasteiger charge is -2.29. The van der Waals surface area contributed by atoms with Crippen LogP contribution < -0.4 is 16.0 Å². The molecule has 1 heterocycles. The van der Waals surface area contributed by atoms with Gasteiger partial charge in [0.15, 0.2) is 0 Å². The first-order chi connectivity index (χ1) is 24.8. The Hall–Kier alpha value is -5.47. The zero-order valence-corrected chi connectivity index (χ0v) is 31.6. The molecule has 3 amide bonds. The lowest BCUT2D eigenvalue weighted by Crippen LogP contribution is -2.57. The highest BCUT2D eigenvalue weighted by Crippen LogP contribution is 2.25. The molecule has 3 rings (SSSR count). The third-order valence-corrected chi connectivity index (χ3v) is 8.02. The summed E-state index contributed by atoms with van der Waals surface area (Å²) in [7, 11) is 1.25. The lowest BCUT2D eigenvalue weighted by atomic mass is 9.87. The summed E-state index contributed by atoms with van der Waals surface area (Å²) in [5.74, 6) is -2.09. The summed E-state index contributed by atoms with van der Waals surface area (Å²) in [4.78, 5) is 77.5. The van der Waals surface area contributed by atoms with Crippen LogP contribution in [0.5, 0.6) is 0 Å². The van der Waals surface area contributed by atoms with Crippen LogP contribution in [-0.4, -0.2) is 70.3 Å². The van der Waals surface area contributed by atoms with Crippen LogP contribution in [0.4, 0.5) is 15.3 Å². The van der Waals surface area contributed by atoms with Gasteiger partial charge in [-0.15, -0.1) is 0 Å². The van der Waals surface area contributed by atoms with Gasteiger partial charge in [0.1, 0.15) is 30.3 Å². The number of rotatable bonds is 15. The van der Waals surface area contributed by atoms with Crippen molar-refractivity contribution in [2.24, 2.45) is 5.41 Å². The maximum atomic E-state index is 14.2. The number of carbonyl (C=O) groups is 5. The summed E-state index contributed by atoms with van der Waals surface area (Å²) in [5.41, 5.74) is 0.198. The van der Waals surface area contributed by atoms with Crippen LogP contribution in [-0.2, 0) is 41.6 Å². The largest absolute Gasteiger partial charge is 0.459 e. The molecule has 0 aliphatic rings. The van der Waals surface area contributed by atoms with E-state index in [1.54, 1.807) is 45.0 Å². The average molecular weight is 738 g/mol. The van der Waals surface area contributed by atoms with Crippen molar-refractivity contribution in [3.8, 4) is 0 Å². The second-order valence-electron chi connectivity index (χ2n) is 15.0. The quantitative estimate of drug-likeness (QED) is 0.0727. The number of unbranched alkanes of at least 4 members (excludes halogenated alkanes) is 1. The Morgan fingerprint density at radius 1 is 0.868 bits per heavy atom. The highest BCUT2D eigenvalue weighted by atomic mass is 16.6. The number of fused-ring (bicyclic) bond motifs is 1. The molecular weight excluding hydrogens is 686 g/mol. The fraction of sp³-hybridized carbons (Fsp3) is 0.500. The van der Waals surface area contributed by atoms with E-state index in [1.807, 2.05) is 27.7 Å². The molecule has 1 aromatic heterocycles. The van der Waals surface area contributed by atoms with Crippen molar-refractivity contribution in [2.45, 2.75) is 111 Å². The van der Waals surface area contributed by atoms with Gasteiger partial charge in [-0.3, -0.25) is 24.3 Å². The molecule has 288 valence electrons. The van der Waals surface area contributed by atoms with Crippen LogP contribution in [0.2, 0.25) is 0 Å². The highest BCUT2D eigenvalue weighted by molar-refractivity contribution is 5.95. The minimum absolute atomic E-state index is 0.102. The lowest BCUT2D eigenvalue weighted by molar-refractivity contribution is -0.384. The van der Waals surface area contributed by atoms with E-state index in [0.717, 1.165) is 0 Å². The van der Waals surface area contributed by atoms with Crippen LogP contribution in [0.15, 0.2) is 54.7 Å². The number of nitro benzene ring substituents is 1. The average Bonchev–Trinajstić information content (AvgIpc) is 3.44. The number of non-ortho nitro benzene ring substituents is 1.